The molecule has 0 fully saturated rings. The van der Waals surface area contributed by atoms with Crippen molar-refractivity contribution in [1.82, 2.24) is 15.5 Å². The van der Waals surface area contributed by atoms with Crippen molar-refractivity contribution in [3.05, 3.63) is 52.8 Å². The highest BCUT2D eigenvalue weighted by atomic mass is 16.5. The van der Waals surface area contributed by atoms with Gasteiger partial charge in [0, 0.05) is 17.8 Å². The zero-order valence-electron chi connectivity index (χ0n) is 10.4. The van der Waals surface area contributed by atoms with E-state index in [1.165, 1.54) is 16.7 Å². The van der Waals surface area contributed by atoms with Gasteiger partial charge in [-0.15, -0.1) is 0 Å². The first-order valence-electron chi connectivity index (χ1n) is 6.22. The first kappa shape index (κ1) is 11.4. The van der Waals surface area contributed by atoms with Gasteiger partial charge in [0.1, 0.15) is 0 Å². The molecule has 4 heteroatoms. The number of nitrogens with zero attached hydrogens (tertiary/aromatic N) is 1. The Kier molecular flexibility index (Phi) is 3.13. The van der Waals surface area contributed by atoms with Crippen molar-refractivity contribution >= 4 is 0 Å². The highest BCUT2D eigenvalue weighted by Gasteiger charge is 2.19. The number of rotatable bonds is 3. The predicted octanol–water partition coefficient (Wildman–Crippen LogP) is 2.08. The maximum absolute atomic E-state index is 5.62. The minimum atomic E-state index is 0.268. The third kappa shape index (κ3) is 2.17. The molecule has 1 atom stereocenters. The van der Waals surface area contributed by atoms with Gasteiger partial charge in [-0.3, -0.25) is 5.10 Å². The summed E-state index contributed by atoms with van der Waals surface area (Å²) in [7, 11) is 0. The molecule has 1 aliphatic heterocycles. The minimum absolute atomic E-state index is 0.268. The van der Waals surface area contributed by atoms with Crippen LogP contribution in [0.15, 0.2) is 30.5 Å². The number of H-pyrrole nitrogens is 1. The van der Waals surface area contributed by atoms with Crippen LogP contribution in [-0.2, 0) is 17.9 Å². The Balaban J connectivity index is 1.73. The van der Waals surface area contributed by atoms with Crippen molar-refractivity contribution in [2.75, 3.05) is 6.61 Å². The first-order chi connectivity index (χ1) is 8.84. The molecule has 94 valence electrons. The van der Waals surface area contributed by atoms with E-state index < -0.39 is 0 Å². The Labute approximate surface area is 106 Å². The topological polar surface area (TPSA) is 49.9 Å². The Morgan fingerprint density at radius 3 is 3.17 bits per heavy atom. The predicted molar refractivity (Wildman–Crippen MR) is 69.0 cm³/mol. The second-order valence-corrected chi connectivity index (χ2v) is 4.67. The average molecular weight is 243 g/mol. The quantitative estimate of drug-likeness (QED) is 0.867. The highest BCUT2D eigenvalue weighted by molar-refractivity contribution is 5.31. The van der Waals surface area contributed by atoms with Crippen molar-refractivity contribution in [3.63, 3.8) is 0 Å². The van der Waals surface area contributed by atoms with Crippen molar-refractivity contribution in [2.45, 2.75) is 26.1 Å². The van der Waals surface area contributed by atoms with Crippen LogP contribution in [0.2, 0.25) is 0 Å². The summed E-state index contributed by atoms with van der Waals surface area (Å²) in [6.07, 6.45) is 1.87. The largest absolute Gasteiger partial charge is 0.375 e. The molecule has 2 aromatic rings. The fourth-order valence-electron chi connectivity index (χ4n) is 2.34. The van der Waals surface area contributed by atoms with Gasteiger partial charge in [-0.25, -0.2) is 0 Å². The zero-order chi connectivity index (χ0) is 12.4. The highest BCUT2D eigenvalue weighted by Crippen LogP contribution is 2.24. The van der Waals surface area contributed by atoms with Crippen LogP contribution in [0.25, 0.3) is 0 Å². The second kappa shape index (κ2) is 4.92. The zero-order valence-corrected chi connectivity index (χ0v) is 10.4. The second-order valence-electron chi connectivity index (χ2n) is 4.67. The average Bonchev–Trinajstić information content (AvgIpc) is 2.82. The van der Waals surface area contributed by atoms with Crippen molar-refractivity contribution in [3.8, 4) is 0 Å². The number of aromatic amines is 1. The molecule has 3 rings (SSSR count). The molecule has 0 amide bonds. The molecule has 18 heavy (non-hydrogen) atoms. The maximum Gasteiger partial charge on any atom is 0.0721 e. The summed E-state index contributed by atoms with van der Waals surface area (Å²) in [6, 6.07) is 8.72. The Morgan fingerprint density at radius 2 is 2.33 bits per heavy atom. The SMILES string of the molecule is Cc1[nH]ncc1CNC1COCc2ccccc21. The number of nitrogens with one attached hydrogen (secondary N) is 2. The fourth-order valence-corrected chi connectivity index (χ4v) is 2.34. The standard InChI is InChI=1S/C14H17N3O/c1-10-12(7-16-17-10)6-15-14-9-18-8-11-4-2-3-5-13(11)14/h2-5,7,14-15H,6,8-9H2,1H3,(H,16,17). The van der Waals surface area contributed by atoms with Gasteiger partial charge < -0.3 is 10.1 Å². The normalized spacial score (nSPS) is 18.6. The molecule has 1 unspecified atom stereocenters. The van der Waals surface area contributed by atoms with E-state index in [2.05, 4.69) is 39.8 Å². The summed E-state index contributed by atoms with van der Waals surface area (Å²) in [6.45, 7) is 4.30. The summed E-state index contributed by atoms with van der Waals surface area (Å²) in [5.74, 6) is 0. The van der Waals surface area contributed by atoms with Crippen LogP contribution in [-0.4, -0.2) is 16.8 Å². The van der Waals surface area contributed by atoms with Gasteiger partial charge >= 0.3 is 0 Å². The van der Waals surface area contributed by atoms with E-state index in [0.29, 0.717) is 0 Å². The Hall–Kier alpha value is -1.65. The fraction of sp³-hybridized carbons (Fsp3) is 0.357. The third-order valence-corrected chi connectivity index (χ3v) is 3.45. The van der Waals surface area contributed by atoms with Crippen LogP contribution in [0, 0.1) is 6.92 Å². The van der Waals surface area contributed by atoms with Crippen molar-refractivity contribution in [1.29, 1.82) is 0 Å². The molecule has 0 radical (unpaired) electrons. The molecule has 0 saturated heterocycles. The lowest BCUT2D eigenvalue weighted by atomic mass is 9.99. The van der Waals surface area contributed by atoms with Gasteiger partial charge in [-0.1, -0.05) is 24.3 Å². The van der Waals surface area contributed by atoms with E-state index in [1.54, 1.807) is 0 Å². The van der Waals surface area contributed by atoms with Crippen LogP contribution in [0.4, 0.5) is 0 Å². The molecular weight excluding hydrogens is 226 g/mol. The Bertz CT molecular complexity index is 535. The lowest BCUT2D eigenvalue weighted by Crippen LogP contribution is -2.29. The Morgan fingerprint density at radius 1 is 1.44 bits per heavy atom. The lowest BCUT2D eigenvalue weighted by molar-refractivity contribution is 0.0816. The summed E-state index contributed by atoms with van der Waals surface area (Å²) < 4.78 is 5.62. The van der Waals surface area contributed by atoms with Gasteiger partial charge in [0.15, 0.2) is 0 Å². The molecule has 1 aromatic carbocycles. The van der Waals surface area contributed by atoms with E-state index in [0.717, 1.165) is 25.5 Å². The van der Waals surface area contributed by atoms with E-state index >= 15 is 0 Å². The third-order valence-electron chi connectivity index (χ3n) is 3.45. The summed E-state index contributed by atoms with van der Waals surface area (Å²) in [4.78, 5) is 0. The number of benzene rings is 1. The van der Waals surface area contributed by atoms with E-state index in [-0.39, 0.29) is 6.04 Å². The van der Waals surface area contributed by atoms with E-state index in [4.69, 9.17) is 4.74 Å². The van der Waals surface area contributed by atoms with E-state index in [9.17, 15) is 0 Å². The molecule has 1 aliphatic rings. The monoisotopic (exact) mass is 243 g/mol. The molecule has 2 heterocycles. The van der Waals surface area contributed by atoms with Crippen LogP contribution < -0.4 is 5.32 Å². The van der Waals surface area contributed by atoms with E-state index in [1.807, 2.05) is 13.1 Å². The van der Waals surface area contributed by atoms with Crippen LogP contribution >= 0.6 is 0 Å². The number of aryl methyl sites for hydroxylation is 1. The van der Waals surface area contributed by atoms with Gasteiger partial charge in [0.25, 0.3) is 0 Å². The van der Waals surface area contributed by atoms with Gasteiger partial charge in [0.2, 0.25) is 0 Å². The lowest BCUT2D eigenvalue weighted by Gasteiger charge is -2.26. The van der Waals surface area contributed by atoms with Crippen molar-refractivity contribution in [2.24, 2.45) is 0 Å². The molecule has 1 aromatic heterocycles. The smallest absolute Gasteiger partial charge is 0.0721 e. The molecule has 0 aliphatic carbocycles. The molecule has 4 nitrogen and oxygen atoms in total. The molecule has 2 N–H and O–H groups in total. The van der Waals surface area contributed by atoms with Gasteiger partial charge in [0.05, 0.1) is 25.5 Å². The first-order valence-corrected chi connectivity index (χ1v) is 6.22. The molecular formula is C14H17N3O. The van der Waals surface area contributed by atoms with Gasteiger partial charge in [-0.2, -0.15) is 5.10 Å². The summed E-state index contributed by atoms with van der Waals surface area (Å²) >= 11 is 0. The minimum Gasteiger partial charge on any atom is -0.375 e. The van der Waals surface area contributed by atoms with Crippen LogP contribution in [0.5, 0.6) is 0 Å². The number of ether oxygens (including phenoxy) is 1. The van der Waals surface area contributed by atoms with Crippen LogP contribution in [0.3, 0.4) is 0 Å². The number of aromatic nitrogens is 2. The molecule has 0 bridgehead atoms. The van der Waals surface area contributed by atoms with Crippen LogP contribution in [0.1, 0.15) is 28.4 Å². The molecule has 0 spiro atoms. The van der Waals surface area contributed by atoms with Gasteiger partial charge in [-0.05, 0) is 18.1 Å². The number of hydrogen-bond donors (Lipinski definition) is 2. The summed E-state index contributed by atoms with van der Waals surface area (Å²) in [5.41, 5.74) is 4.96. The molecule has 0 saturated carbocycles. The number of fused-ring (bicyclic) bond motifs is 1. The summed E-state index contributed by atoms with van der Waals surface area (Å²) in [5, 5.41) is 10.5. The van der Waals surface area contributed by atoms with Crippen molar-refractivity contribution < 1.29 is 4.74 Å². The maximum atomic E-state index is 5.62. The number of hydrogen-bond acceptors (Lipinski definition) is 3.